The highest BCUT2D eigenvalue weighted by Crippen LogP contribution is 1.99. The molecule has 0 bridgehead atoms. The van der Waals surface area contributed by atoms with Gasteiger partial charge in [0.15, 0.2) is 0 Å². The second-order valence-electron chi connectivity index (χ2n) is 3.78. The van der Waals surface area contributed by atoms with Gasteiger partial charge in [-0.3, -0.25) is 4.79 Å². The van der Waals surface area contributed by atoms with Crippen molar-refractivity contribution in [3.63, 3.8) is 0 Å². The third-order valence-corrected chi connectivity index (χ3v) is 2.55. The minimum atomic E-state index is 0.234. The molecule has 0 amide bonds. The van der Waals surface area contributed by atoms with E-state index >= 15 is 0 Å². The molecule has 1 aromatic rings. The number of fused-ring (bicyclic) bond motifs is 1. The SMILES string of the molecule is CC(=O)Cc1cccc2c1=CCCC=2. The standard InChI is InChI=1S/C13H14O/c1-10(14)9-12-7-4-6-11-5-2-3-8-13(11)12/h4-8H,2-3,9H2,1H3. The monoisotopic (exact) mass is 186 g/mol. The summed E-state index contributed by atoms with van der Waals surface area (Å²) >= 11 is 0. The van der Waals surface area contributed by atoms with Crippen molar-refractivity contribution < 1.29 is 4.79 Å². The average molecular weight is 186 g/mol. The first kappa shape index (κ1) is 9.20. The number of carbonyl (C=O) groups excluding carboxylic acids is 1. The van der Waals surface area contributed by atoms with Crippen LogP contribution in [0.4, 0.5) is 0 Å². The minimum absolute atomic E-state index is 0.234. The van der Waals surface area contributed by atoms with Crippen molar-refractivity contribution in [1.29, 1.82) is 0 Å². The maximum absolute atomic E-state index is 11.1. The van der Waals surface area contributed by atoms with Crippen molar-refractivity contribution in [2.75, 3.05) is 0 Å². The summed E-state index contributed by atoms with van der Waals surface area (Å²) in [6, 6.07) is 6.21. The highest BCUT2D eigenvalue weighted by Gasteiger charge is 2.01. The van der Waals surface area contributed by atoms with Gasteiger partial charge in [-0.15, -0.1) is 0 Å². The number of hydrogen-bond acceptors (Lipinski definition) is 1. The maximum Gasteiger partial charge on any atom is 0.134 e. The van der Waals surface area contributed by atoms with Crippen molar-refractivity contribution in [2.45, 2.75) is 26.2 Å². The Balaban J connectivity index is 2.58. The fraction of sp³-hybridized carbons (Fsp3) is 0.308. The Hall–Kier alpha value is -1.37. The van der Waals surface area contributed by atoms with Crippen LogP contribution < -0.4 is 10.4 Å². The zero-order valence-electron chi connectivity index (χ0n) is 8.42. The molecule has 1 heteroatoms. The van der Waals surface area contributed by atoms with Gasteiger partial charge in [0.1, 0.15) is 5.78 Å². The van der Waals surface area contributed by atoms with Crippen LogP contribution in [0.3, 0.4) is 0 Å². The van der Waals surface area contributed by atoms with Gasteiger partial charge in [-0.05, 0) is 35.8 Å². The molecule has 72 valence electrons. The van der Waals surface area contributed by atoms with E-state index in [1.165, 1.54) is 16.0 Å². The van der Waals surface area contributed by atoms with Gasteiger partial charge in [-0.1, -0.05) is 30.4 Å². The molecule has 0 N–H and O–H groups in total. The summed E-state index contributed by atoms with van der Waals surface area (Å²) in [6.07, 6.45) is 7.28. The molecule has 0 heterocycles. The zero-order chi connectivity index (χ0) is 9.97. The lowest BCUT2D eigenvalue weighted by molar-refractivity contribution is -0.116. The van der Waals surface area contributed by atoms with Crippen LogP contribution in [-0.4, -0.2) is 5.78 Å². The van der Waals surface area contributed by atoms with E-state index < -0.39 is 0 Å². The van der Waals surface area contributed by atoms with Crippen LogP contribution in [0.1, 0.15) is 25.3 Å². The van der Waals surface area contributed by atoms with Crippen LogP contribution in [0.15, 0.2) is 18.2 Å². The van der Waals surface area contributed by atoms with Crippen molar-refractivity contribution in [3.05, 3.63) is 34.2 Å². The molecule has 1 nitrogen and oxygen atoms in total. The molecule has 0 aromatic heterocycles. The Morgan fingerprint density at radius 2 is 2.07 bits per heavy atom. The van der Waals surface area contributed by atoms with E-state index in [4.69, 9.17) is 0 Å². The number of Topliss-reactive ketones (excluding diaryl/α,β-unsaturated/α-hetero) is 1. The molecule has 0 saturated carbocycles. The molecule has 0 fully saturated rings. The number of hydrogen-bond donors (Lipinski definition) is 0. The lowest BCUT2D eigenvalue weighted by Gasteiger charge is -2.04. The molecule has 0 atom stereocenters. The predicted molar refractivity (Wildman–Crippen MR) is 58.2 cm³/mol. The predicted octanol–water partition coefficient (Wildman–Crippen LogP) is 1.17. The Bertz CT molecular complexity index is 468. The molecule has 1 aliphatic rings. The number of benzene rings is 1. The van der Waals surface area contributed by atoms with Crippen molar-refractivity contribution in [3.8, 4) is 0 Å². The molecule has 0 spiro atoms. The summed E-state index contributed by atoms with van der Waals surface area (Å²) in [5, 5.41) is 2.56. The highest BCUT2D eigenvalue weighted by molar-refractivity contribution is 5.78. The van der Waals surface area contributed by atoms with Crippen LogP contribution in [0.2, 0.25) is 0 Å². The van der Waals surface area contributed by atoms with E-state index in [1.54, 1.807) is 6.92 Å². The van der Waals surface area contributed by atoms with Crippen molar-refractivity contribution >= 4 is 17.9 Å². The molecule has 1 aliphatic carbocycles. The van der Waals surface area contributed by atoms with Gasteiger partial charge >= 0.3 is 0 Å². The average Bonchev–Trinajstić information content (AvgIpc) is 2.18. The molecular formula is C13H14O. The summed E-state index contributed by atoms with van der Waals surface area (Å²) in [4.78, 5) is 11.1. The number of rotatable bonds is 2. The van der Waals surface area contributed by atoms with E-state index in [9.17, 15) is 4.79 Å². The molecule has 14 heavy (non-hydrogen) atoms. The molecule has 1 aromatic carbocycles. The Morgan fingerprint density at radius 1 is 1.29 bits per heavy atom. The van der Waals surface area contributed by atoms with Gasteiger partial charge in [0.25, 0.3) is 0 Å². The van der Waals surface area contributed by atoms with Crippen molar-refractivity contribution in [2.24, 2.45) is 0 Å². The second-order valence-corrected chi connectivity index (χ2v) is 3.78. The van der Waals surface area contributed by atoms with Gasteiger partial charge in [-0.25, -0.2) is 0 Å². The smallest absolute Gasteiger partial charge is 0.134 e. The summed E-state index contributed by atoms with van der Waals surface area (Å²) in [5.74, 6) is 0.234. The number of ketones is 1. The van der Waals surface area contributed by atoms with E-state index in [1.807, 2.05) is 6.07 Å². The molecule has 0 aliphatic heterocycles. The third-order valence-electron chi connectivity index (χ3n) is 2.55. The fourth-order valence-electron chi connectivity index (χ4n) is 1.95. The highest BCUT2D eigenvalue weighted by atomic mass is 16.1. The largest absolute Gasteiger partial charge is 0.300 e. The Kier molecular flexibility index (Phi) is 2.49. The Labute approximate surface area is 83.8 Å². The first-order valence-corrected chi connectivity index (χ1v) is 5.05. The molecule has 0 saturated heterocycles. The van der Waals surface area contributed by atoms with Gasteiger partial charge in [-0.2, -0.15) is 0 Å². The third kappa shape index (κ3) is 1.77. The molecular weight excluding hydrogens is 172 g/mol. The van der Waals surface area contributed by atoms with Crippen LogP contribution >= 0.6 is 0 Å². The summed E-state index contributed by atoms with van der Waals surface area (Å²) in [6.45, 7) is 1.64. The van der Waals surface area contributed by atoms with Gasteiger partial charge in [0, 0.05) is 6.42 Å². The van der Waals surface area contributed by atoms with Crippen LogP contribution in [0.25, 0.3) is 12.2 Å². The summed E-state index contributed by atoms with van der Waals surface area (Å²) in [7, 11) is 0. The lowest BCUT2D eigenvalue weighted by atomic mass is 10.0. The van der Waals surface area contributed by atoms with Crippen LogP contribution in [0, 0.1) is 0 Å². The van der Waals surface area contributed by atoms with Gasteiger partial charge < -0.3 is 0 Å². The fourth-order valence-corrected chi connectivity index (χ4v) is 1.95. The van der Waals surface area contributed by atoms with Crippen LogP contribution in [0.5, 0.6) is 0 Å². The van der Waals surface area contributed by atoms with E-state index in [0.717, 1.165) is 12.8 Å². The van der Waals surface area contributed by atoms with E-state index in [-0.39, 0.29) is 5.78 Å². The number of carbonyl (C=O) groups is 1. The lowest BCUT2D eigenvalue weighted by Crippen LogP contribution is -2.30. The van der Waals surface area contributed by atoms with Crippen molar-refractivity contribution in [1.82, 2.24) is 0 Å². The molecule has 0 radical (unpaired) electrons. The first-order valence-electron chi connectivity index (χ1n) is 5.05. The maximum atomic E-state index is 11.1. The zero-order valence-corrected chi connectivity index (χ0v) is 8.42. The van der Waals surface area contributed by atoms with Gasteiger partial charge in [0.05, 0.1) is 0 Å². The van der Waals surface area contributed by atoms with Gasteiger partial charge in [0.2, 0.25) is 0 Å². The Morgan fingerprint density at radius 3 is 2.86 bits per heavy atom. The normalized spacial score (nSPS) is 13.8. The molecule has 2 rings (SSSR count). The summed E-state index contributed by atoms with van der Waals surface area (Å²) < 4.78 is 0. The molecule has 0 unspecified atom stereocenters. The first-order chi connectivity index (χ1) is 6.77. The topological polar surface area (TPSA) is 17.1 Å². The summed E-state index contributed by atoms with van der Waals surface area (Å²) in [5.41, 5.74) is 1.17. The quantitative estimate of drug-likeness (QED) is 0.677. The van der Waals surface area contributed by atoms with E-state index in [0.29, 0.717) is 6.42 Å². The minimum Gasteiger partial charge on any atom is -0.300 e. The van der Waals surface area contributed by atoms with E-state index in [2.05, 4.69) is 24.3 Å². The van der Waals surface area contributed by atoms with Crippen LogP contribution in [-0.2, 0) is 11.2 Å². The second kappa shape index (κ2) is 3.79.